The van der Waals surface area contributed by atoms with Gasteiger partial charge in [-0.15, -0.1) is 0 Å². The van der Waals surface area contributed by atoms with E-state index >= 15 is 0 Å². The number of fused-ring (bicyclic) bond motifs is 1. The van der Waals surface area contributed by atoms with Crippen LogP contribution in [0.5, 0.6) is 0 Å². The van der Waals surface area contributed by atoms with Gasteiger partial charge in [-0.3, -0.25) is 0 Å². The van der Waals surface area contributed by atoms with Gasteiger partial charge in [-0.2, -0.15) is 5.26 Å². The van der Waals surface area contributed by atoms with Crippen molar-refractivity contribution in [1.29, 1.82) is 5.26 Å². The lowest BCUT2D eigenvalue weighted by atomic mass is 10.1. The highest BCUT2D eigenvalue weighted by atomic mass is 15.2. The summed E-state index contributed by atoms with van der Waals surface area (Å²) in [5, 5.41) is 9.01. The molecule has 0 spiro atoms. The summed E-state index contributed by atoms with van der Waals surface area (Å²) in [5.74, 6) is 1.37. The lowest BCUT2D eigenvalue weighted by Crippen LogP contribution is -2.13. The molecule has 4 heteroatoms. The standard InChI is InChI=1S/C16H16N4/c1-11-18-14(10-17)9-16(19-11)20(2)15-7-6-12-4-3-5-13(12)8-15/h6-9H,3-5H2,1-2H3. The highest BCUT2D eigenvalue weighted by Gasteiger charge is 2.14. The van der Waals surface area contributed by atoms with Crippen LogP contribution in [0.15, 0.2) is 24.3 Å². The van der Waals surface area contributed by atoms with Gasteiger partial charge < -0.3 is 4.90 Å². The molecule has 0 bridgehead atoms. The van der Waals surface area contributed by atoms with Crippen LogP contribution in [0.25, 0.3) is 0 Å². The summed E-state index contributed by atoms with van der Waals surface area (Å²) in [6.07, 6.45) is 3.58. The first-order valence-electron chi connectivity index (χ1n) is 6.78. The minimum absolute atomic E-state index is 0.403. The van der Waals surface area contributed by atoms with Gasteiger partial charge in [0.15, 0.2) is 0 Å². The van der Waals surface area contributed by atoms with Crippen molar-refractivity contribution in [2.75, 3.05) is 11.9 Å². The second-order valence-electron chi connectivity index (χ2n) is 5.14. The highest BCUT2D eigenvalue weighted by Crippen LogP contribution is 2.29. The molecule has 0 N–H and O–H groups in total. The molecule has 0 amide bonds. The number of hydrogen-bond acceptors (Lipinski definition) is 4. The summed E-state index contributed by atoms with van der Waals surface area (Å²) in [4.78, 5) is 10.5. The largest absolute Gasteiger partial charge is 0.329 e. The molecule has 0 radical (unpaired) electrons. The Morgan fingerprint density at radius 2 is 1.95 bits per heavy atom. The average molecular weight is 264 g/mol. The van der Waals surface area contributed by atoms with Crippen molar-refractivity contribution in [2.45, 2.75) is 26.2 Å². The first-order chi connectivity index (χ1) is 9.67. The molecule has 4 nitrogen and oxygen atoms in total. The van der Waals surface area contributed by atoms with Gasteiger partial charge in [-0.1, -0.05) is 6.07 Å². The number of benzene rings is 1. The molecule has 1 heterocycles. The van der Waals surface area contributed by atoms with Gasteiger partial charge in [0.05, 0.1) is 0 Å². The third-order valence-electron chi connectivity index (χ3n) is 3.75. The molecule has 0 aliphatic heterocycles. The molecule has 1 aliphatic carbocycles. The van der Waals surface area contributed by atoms with E-state index in [9.17, 15) is 0 Å². The second-order valence-corrected chi connectivity index (χ2v) is 5.14. The van der Waals surface area contributed by atoms with Gasteiger partial charge in [0.1, 0.15) is 23.4 Å². The van der Waals surface area contributed by atoms with E-state index in [0.29, 0.717) is 11.5 Å². The third kappa shape index (κ3) is 2.23. The topological polar surface area (TPSA) is 52.8 Å². The number of hydrogen-bond donors (Lipinski definition) is 0. The van der Waals surface area contributed by atoms with Crippen LogP contribution in [0, 0.1) is 18.3 Å². The van der Waals surface area contributed by atoms with Gasteiger partial charge in [0.25, 0.3) is 0 Å². The molecule has 1 aliphatic rings. The number of rotatable bonds is 2. The van der Waals surface area contributed by atoms with Gasteiger partial charge in [-0.05, 0) is 49.4 Å². The average Bonchev–Trinajstić information content (AvgIpc) is 2.93. The predicted octanol–water partition coefficient (Wildman–Crippen LogP) is 2.91. The van der Waals surface area contributed by atoms with Gasteiger partial charge in [-0.25, -0.2) is 9.97 Å². The molecular weight excluding hydrogens is 248 g/mol. The fourth-order valence-corrected chi connectivity index (χ4v) is 2.68. The molecule has 20 heavy (non-hydrogen) atoms. The molecule has 1 aromatic carbocycles. The minimum Gasteiger partial charge on any atom is -0.329 e. The maximum atomic E-state index is 9.01. The quantitative estimate of drug-likeness (QED) is 0.837. The van der Waals surface area contributed by atoms with Crippen molar-refractivity contribution in [1.82, 2.24) is 9.97 Å². The summed E-state index contributed by atoms with van der Waals surface area (Å²) < 4.78 is 0. The Morgan fingerprint density at radius 1 is 1.15 bits per heavy atom. The zero-order valence-corrected chi connectivity index (χ0v) is 11.7. The highest BCUT2D eigenvalue weighted by molar-refractivity contribution is 5.62. The van der Waals surface area contributed by atoms with Crippen LogP contribution in [0.2, 0.25) is 0 Å². The lowest BCUT2D eigenvalue weighted by molar-refractivity contribution is 0.911. The molecule has 3 rings (SSSR count). The summed E-state index contributed by atoms with van der Waals surface area (Å²) >= 11 is 0. The van der Waals surface area contributed by atoms with E-state index in [2.05, 4.69) is 34.2 Å². The van der Waals surface area contributed by atoms with Gasteiger partial charge in [0.2, 0.25) is 0 Å². The van der Waals surface area contributed by atoms with E-state index in [0.717, 1.165) is 17.9 Å². The molecule has 1 aromatic heterocycles. The Labute approximate surface area is 118 Å². The van der Waals surface area contributed by atoms with Crippen molar-refractivity contribution in [2.24, 2.45) is 0 Å². The van der Waals surface area contributed by atoms with Crippen LogP contribution in [-0.4, -0.2) is 17.0 Å². The molecule has 0 unspecified atom stereocenters. The zero-order valence-electron chi connectivity index (χ0n) is 11.7. The van der Waals surface area contributed by atoms with Crippen LogP contribution in [0.3, 0.4) is 0 Å². The monoisotopic (exact) mass is 264 g/mol. The molecular formula is C16H16N4. The predicted molar refractivity (Wildman–Crippen MR) is 78.0 cm³/mol. The van der Waals surface area contributed by atoms with E-state index in [4.69, 9.17) is 5.26 Å². The van der Waals surface area contributed by atoms with E-state index in [-0.39, 0.29) is 0 Å². The summed E-state index contributed by atoms with van der Waals surface area (Å²) in [6, 6.07) is 10.3. The number of nitrogens with zero attached hydrogens (tertiary/aromatic N) is 4. The Balaban J connectivity index is 1.98. The van der Waals surface area contributed by atoms with E-state index < -0.39 is 0 Å². The first kappa shape index (κ1) is 12.6. The van der Waals surface area contributed by atoms with Crippen molar-refractivity contribution < 1.29 is 0 Å². The third-order valence-corrected chi connectivity index (χ3v) is 3.75. The Hall–Kier alpha value is -2.41. The Bertz CT molecular complexity index is 700. The maximum Gasteiger partial charge on any atom is 0.146 e. The SMILES string of the molecule is Cc1nc(C#N)cc(N(C)c2ccc3c(c2)CCC3)n1. The van der Waals surface area contributed by atoms with Crippen molar-refractivity contribution in [3.8, 4) is 6.07 Å². The number of aryl methyl sites for hydroxylation is 3. The normalized spacial score (nSPS) is 12.8. The van der Waals surface area contributed by atoms with Crippen molar-refractivity contribution in [3.63, 3.8) is 0 Å². The maximum absolute atomic E-state index is 9.01. The molecule has 0 saturated carbocycles. The molecule has 2 aromatic rings. The molecule has 0 saturated heterocycles. The van der Waals surface area contributed by atoms with E-state index in [1.165, 1.54) is 24.0 Å². The lowest BCUT2D eigenvalue weighted by Gasteiger charge is -2.19. The number of nitriles is 1. The van der Waals surface area contributed by atoms with Crippen LogP contribution in [0.1, 0.15) is 29.1 Å². The van der Waals surface area contributed by atoms with Crippen LogP contribution in [0.4, 0.5) is 11.5 Å². The molecule has 0 atom stereocenters. The Kier molecular flexibility index (Phi) is 3.11. The van der Waals surface area contributed by atoms with Crippen LogP contribution in [-0.2, 0) is 12.8 Å². The zero-order chi connectivity index (χ0) is 14.1. The van der Waals surface area contributed by atoms with Gasteiger partial charge in [0, 0.05) is 18.8 Å². The van der Waals surface area contributed by atoms with Crippen LogP contribution >= 0.6 is 0 Å². The summed E-state index contributed by atoms with van der Waals surface area (Å²) in [7, 11) is 1.97. The van der Waals surface area contributed by atoms with E-state index in [1.54, 1.807) is 13.0 Å². The van der Waals surface area contributed by atoms with Gasteiger partial charge >= 0.3 is 0 Å². The van der Waals surface area contributed by atoms with Crippen molar-refractivity contribution in [3.05, 3.63) is 46.9 Å². The molecule has 100 valence electrons. The molecule has 0 fully saturated rings. The number of aromatic nitrogens is 2. The second kappa shape index (κ2) is 4.93. The smallest absolute Gasteiger partial charge is 0.146 e. The Morgan fingerprint density at radius 3 is 2.75 bits per heavy atom. The fourth-order valence-electron chi connectivity index (χ4n) is 2.68. The first-order valence-corrected chi connectivity index (χ1v) is 6.78. The van der Waals surface area contributed by atoms with E-state index in [1.807, 2.05) is 11.9 Å². The van der Waals surface area contributed by atoms with Crippen molar-refractivity contribution >= 4 is 11.5 Å². The summed E-state index contributed by atoms with van der Waals surface area (Å²) in [5.41, 5.74) is 4.40. The summed E-state index contributed by atoms with van der Waals surface area (Å²) in [6.45, 7) is 1.81. The fraction of sp³-hybridized carbons (Fsp3) is 0.312. The minimum atomic E-state index is 0.403. The van der Waals surface area contributed by atoms with Crippen LogP contribution < -0.4 is 4.90 Å². The number of anilines is 2.